The summed E-state index contributed by atoms with van der Waals surface area (Å²) in [6, 6.07) is 13.8. The number of methoxy groups -OCH3 is 1. The predicted molar refractivity (Wildman–Crippen MR) is 125 cm³/mol. The molecule has 0 aliphatic carbocycles. The molecule has 1 heterocycles. The molecule has 11 heteroatoms. The molecule has 9 nitrogen and oxygen atoms in total. The van der Waals surface area contributed by atoms with E-state index in [1.807, 2.05) is 13.0 Å². The Morgan fingerprint density at radius 2 is 1.94 bits per heavy atom. The number of hydrogen-bond acceptors (Lipinski definition) is 7. The van der Waals surface area contributed by atoms with Crippen LogP contribution in [0.1, 0.15) is 34.6 Å². The number of benzene rings is 2. The number of alkyl halides is 2. The van der Waals surface area contributed by atoms with Crippen molar-refractivity contribution in [2.45, 2.75) is 26.0 Å². The minimum absolute atomic E-state index is 0.107. The molecule has 1 aromatic heterocycles. The topological polar surface area (TPSA) is 116 Å². The molecule has 3 aromatic rings. The van der Waals surface area contributed by atoms with Gasteiger partial charge in [0.1, 0.15) is 5.69 Å². The summed E-state index contributed by atoms with van der Waals surface area (Å²) in [5, 5.41) is 17.3. The Morgan fingerprint density at radius 3 is 2.60 bits per heavy atom. The Hall–Kier alpha value is -4.28. The van der Waals surface area contributed by atoms with E-state index in [0.717, 1.165) is 0 Å². The normalized spacial score (nSPS) is 11.6. The lowest BCUT2D eigenvalue weighted by atomic mass is 10.1. The number of rotatable bonds is 11. The van der Waals surface area contributed by atoms with Crippen molar-refractivity contribution in [1.82, 2.24) is 10.3 Å². The van der Waals surface area contributed by atoms with Crippen molar-refractivity contribution >= 4 is 17.3 Å². The number of anilines is 1. The summed E-state index contributed by atoms with van der Waals surface area (Å²) in [7, 11) is 1.34. The fourth-order valence-electron chi connectivity index (χ4n) is 3.37. The van der Waals surface area contributed by atoms with Crippen LogP contribution in [0.25, 0.3) is 0 Å². The maximum Gasteiger partial charge on any atom is 0.387 e. The van der Waals surface area contributed by atoms with Gasteiger partial charge in [-0.2, -0.15) is 8.78 Å². The molecular formula is C24H24F2N4O5. The molecule has 3 rings (SSSR count). The summed E-state index contributed by atoms with van der Waals surface area (Å²) in [4.78, 5) is 27.9. The van der Waals surface area contributed by atoms with E-state index >= 15 is 0 Å². The molecular weight excluding hydrogens is 462 g/mol. The fourth-order valence-corrected chi connectivity index (χ4v) is 3.37. The van der Waals surface area contributed by atoms with Crippen molar-refractivity contribution < 1.29 is 28.0 Å². The number of ether oxygens (including phenoxy) is 2. The fraction of sp³-hybridized carbons (Fsp3) is 0.250. The molecule has 2 N–H and O–H groups in total. The summed E-state index contributed by atoms with van der Waals surface area (Å²) < 4.78 is 34.7. The molecule has 35 heavy (non-hydrogen) atoms. The standard InChI is InChI=1S/C24H24F2N4O5/c1-15(18-5-3-4-11-27-18)29-19-8-7-17(14-20(19)30(32)33)23(31)28-12-10-16-6-9-21(34-2)22(13-16)35-24(25)26/h3-9,11,13-15,24,29H,10,12H2,1-2H3,(H,28,31). The van der Waals surface area contributed by atoms with Gasteiger partial charge in [-0.05, 0) is 55.3 Å². The first-order chi connectivity index (χ1) is 16.8. The Labute approximate surface area is 200 Å². The molecule has 0 radical (unpaired) electrons. The number of pyridine rings is 1. The molecule has 0 bridgehead atoms. The molecule has 184 valence electrons. The van der Waals surface area contributed by atoms with E-state index in [4.69, 9.17) is 4.74 Å². The lowest BCUT2D eigenvalue weighted by molar-refractivity contribution is -0.384. The number of aromatic nitrogens is 1. The highest BCUT2D eigenvalue weighted by Gasteiger charge is 2.20. The first kappa shape index (κ1) is 25.3. The van der Waals surface area contributed by atoms with Crippen molar-refractivity contribution in [1.29, 1.82) is 0 Å². The number of nitrogens with zero attached hydrogens (tertiary/aromatic N) is 2. The van der Waals surface area contributed by atoms with E-state index in [-0.39, 0.29) is 41.0 Å². The van der Waals surface area contributed by atoms with Crippen LogP contribution in [0, 0.1) is 10.1 Å². The summed E-state index contributed by atoms with van der Waals surface area (Å²) in [5.41, 5.74) is 1.48. The van der Waals surface area contributed by atoms with Crippen molar-refractivity contribution in [3.63, 3.8) is 0 Å². The maximum atomic E-state index is 12.6. The van der Waals surface area contributed by atoms with Crippen LogP contribution in [0.3, 0.4) is 0 Å². The number of nitro groups is 1. The first-order valence-corrected chi connectivity index (χ1v) is 10.6. The summed E-state index contributed by atoms with van der Waals surface area (Å²) >= 11 is 0. The van der Waals surface area contributed by atoms with Gasteiger partial charge in [0.15, 0.2) is 11.5 Å². The van der Waals surface area contributed by atoms with Crippen molar-refractivity contribution in [3.8, 4) is 11.5 Å². The monoisotopic (exact) mass is 486 g/mol. The SMILES string of the molecule is COc1ccc(CCNC(=O)c2ccc(NC(C)c3ccccn3)c([N+](=O)[O-])c2)cc1OC(F)F. The second-order valence-electron chi connectivity index (χ2n) is 7.48. The van der Waals surface area contributed by atoms with E-state index in [0.29, 0.717) is 17.7 Å². The predicted octanol–water partition coefficient (Wildman–Crippen LogP) is 4.75. The van der Waals surface area contributed by atoms with Gasteiger partial charge in [0.2, 0.25) is 0 Å². The molecule has 1 amide bonds. The first-order valence-electron chi connectivity index (χ1n) is 10.6. The third kappa shape index (κ3) is 6.85. The van der Waals surface area contributed by atoms with E-state index in [2.05, 4.69) is 20.4 Å². The van der Waals surface area contributed by atoms with Crippen LogP contribution in [0.15, 0.2) is 60.8 Å². The highest BCUT2D eigenvalue weighted by Crippen LogP contribution is 2.30. The Balaban J connectivity index is 1.65. The number of carbonyl (C=O) groups is 1. The van der Waals surface area contributed by atoms with Gasteiger partial charge in [0, 0.05) is 24.4 Å². The molecule has 1 unspecified atom stereocenters. The van der Waals surface area contributed by atoms with E-state index in [1.54, 1.807) is 24.4 Å². The Morgan fingerprint density at radius 1 is 1.14 bits per heavy atom. The van der Waals surface area contributed by atoms with Crippen LogP contribution >= 0.6 is 0 Å². The van der Waals surface area contributed by atoms with Gasteiger partial charge in [-0.3, -0.25) is 19.9 Å². The van der Waals surface area contributed by atoms with Crippen LogP contribution < -0.4 is 20.1 Å². The van der Waals surface area contributed by atoms with Crippen LogP contribution in [0.5, 0.6) is 11.5 Å². The molecule has 0 aliphatic rings. The largest absolute Gasteiger partial charge is 0.493 e. The lowest BCUT2D eigenvalue weighted by Gasteiger charge is -2.15. The zero-order valence-corrected chi connectivity index (χ0v) is 19.0. The summed E-state index contributed by atoms with van der Waals surface area (Å²) in [6.45, 7) is -1.01. The summed E-state index contributed by atoms with van der Waals surface area (Å²) in [5.74, 6) is -0.448. The van der Waals surface area contributed by atoms with Gasteiger partial charge >= 0.3 is 6.61 Å². The molecule has 0 aliphatic heterocycles. The van der Waals surface area contributed by atoms with Crippen LogP contribution in [0.4, 0.5) is 20.2 Å². The molecule has 1 atom stereocenters. The molecule has 0 saturated heterocycles. The Kier molecular flexibility index (Phi) is 8.49. The quantitative estimate of drug-likeness (QED) is 0.297. The Bertz CT molecular complexity index is 1180. The lowest BCUT2D eigenvalue weighted by Crippen LogP contribution is -2.25. The van der Waals surface area contributed by atoms with E-state index in [9.17, 15) is 23.7 Å². The third-order valence-corrected chi connectivity index (χ3v) is 5.10. The summed E-state index contributed by atoms with van der Waals surface area (Å²) in [6.07, 6.45) is 1.95. The smallest absolute Gasteiger partial charge is 0.387 e. The number of nitro benzene ring substituents is 1. The van der Waals surface area contributed by atoms with Gasteiger partial charge in [0.05, 0.1) is 23.8 Å². The average Bonchev–Trinajstić information content (AvgIpc) is 2.84. The van der Waals surface area contributed by atoms with Gasteiger partial charge in [-0.25, -0.2) is 0 Å². The van der Waals surface area contributed by atoms with E-state index < -0.39 is 17.4 Å². The number of halogens is 2. The van der Waals surface area contributed by atoms with Crippen LogP contribution in [-0.4, -0.2) is 36.1 Å². The highest BCUT2D eigenvalue weighted by atomic mass is 19.3. The zero-order chi connectivity index (χ0) is 25.4. The number of carbonyl (C=O) groups excluding carboxylic acids is 1. The van der Waals surface area contributed by atoms with Crippen molar-refractivity contribution in [2.24, 2.45) is 0 Å². The minimum atomic E-state index is -3.00. The zero-order valence-electron chi connectivity index (χ0n) is 19.0. The molecule has 0 fully saturated rings. The van der Waals surface area contributed by atoms with Gasteiger partial charge in [-0.1, -0.05) is 12.1 Å². The number of hydrogen-bond donors (Lipinski definition) is 2. The number of nitrogens with one attached hydrogen (secondary N) is 2. The molecule has 0 spiro atoms. The van der Waals surface area contributed by atoms with Crippen LogP contribution in [-0.2, 0) is 6.42 Å². The second kappa shape index (κ2) is 11.7. The highest BCUT2D eigenvalue weighted by molar-refractivity contribution is 5.95. The second-order valence-corrected chi connectivity index (χ2v) is 7.48. The van der Waals surface area contributed by atoms with Gasteiger partial charge in [0.25, 0.3) is 11.6 Å². The van der Waals surface area contributed by atoms with Crippen LogP contribution in [0.2, 0.25) is 0 Å². The van der Waals surface area contributed by atoms with E-state index in [1.165, 1.54) is 37.4 Å². The minimum Gasteiger partial charge on any atom is -0.493 e. The third-order valence-electron chi connectivity index (χ3n) is 5.10. The molecule has 0 saturated carbocycles. The number of amides is 1. The van der Waals surface area contributed by atoms with Crippen molar-refractivity contribution in [3.05, 3.63) is 87.7 Å². The molecule has 2 aromatic carbocycles. The van der Waals surface area contributed by atoms with Gasteiger partial charge < -0.3 is 20.1 Å². The van der Waals surface area contributed by atoms with Gasteiger partial charge in [-0.15, -0.1) is 0 Å². The average molecular weight is 486 g/mol. The maximum absolute atomic E-state index is 12.6. The van der Waals surface area contributed by atoms with Crippen molar-refractivity contribution in [2.75, 3.05) is 19.0 Å².